The third-order valence-corrected chi connectivity index (χ3v) is 3.02. The van der Waals surface area contributed by atoms with E-state index in [1.165, 1.54) is 0 Å². The molecule has 0 aliphatic heterocycles. The number of hydrogen-bond acceptors (Lipinski definition) is 4. The summed E-state index contributed by atoms with van der Waals surface area (Å²) in [5.41, 5.74) is 9.31. The first-order valence-corrected chi connectivity index (χ1v) is 6.57. The van der Waals surface area contributed by atoms with Gasteiger partial charge in [-0.1, -0.05) is 19.1 Å². The first-order valence-electron chi connectivity index (χ1n) is 6.57. The molecule has 0 bridgehead atoms. The Hall–Kier alpha value is -1.98. The van der Waals surface area contributed by atoms with E-state index in [9.17, 15) is 4.79 Å². The topological polar surface area (TPSA) is 80.9 Å². The smallest absolute Gasteiger partial charge is 0.257 e. The fourth-order valence-electron chi connectivity index (χ4n) is 1.89. The molecule has 2 aromatic rings. The number of anilines is 1. The molecule has 0 atom stereocenters. The summed E-state index contributed by atoms with van der Waals surface area (Å²) in [6.45, 7) is 4.26. The number of carbonyl (C=O) groups is 1. The predicted molar refractivity (Wildman–Crippen MR) is 85.7 cm³/mol. The summed E-state index contributed by atoms with van der Waals surface area (Å²) < 4.78 is 0. The number of nitrogens with zero attached hydrogens (tertiary/aromatic N) is 2. The zero-order valence-corrected chi connectivity index (χ0v) is 12.9. The number of carbonyl (C=O) groups excluding carboxylic acids is 1. The van der Waals surface area contributed by atoms with Gasteiger partial charge in [-0.2, -0.15) is 10.2 Å². The van der Waals surface area contributed by atoms with Crippen LogP contribution in [0.3, 0.4) is 0 Å². The molecule has 21 heavy (non-hydrogen) atoms. The summed E-state index contributed by atoms with van der Waals surface area (Å²) in [4.78, 5) is 12.3. The van der Waals surface area contributed by atoms with Crippen molar-refractivity contribution in [1.82, 2.24) is 10.2 Å². The number of aryl methyl sites for hydroxylation is 2. The van der Waals surface area contributed by atoms with Crippen LogP contribution in [-0.4, -0.2) is 16.1 Å². The maximum atomic E-state index is 12.3. The minimum absolute atomic E-state index is 0. The first-order chi connectivity index (χ1) is 9.63. The molecular weight excluding hydrogens is 288 g/mol. The van der Waals surface area contributed by atoms with Crippen LogP contribution in [-0.2, 0) is 13.0 Å². The van der Waals surface area contributed by atoms with Crippen molar-refractivity contribution in [3.05, 3.63) is 52.8 Å². The number of halogens is 1. The summed E-state index contributed by atoms with van der Waals surface area (Å²) >= 11 is 0. The maximum Gasteiger partial charge on any atom is 0.257 e. The second-order valence-electron chi connectivity index (χ2n) is 4.55. The first kappa shape index (κ1) is 17.1. The number of benzene rings is 1. The van der Waals surface area contributed by atoms with Gasteiger partial charge < -0.3 is 11.1 Å². The average Bonchev–Trinajstić information content (AvgIpc) is 2.48. The number of rotatable bonds is 4. The second-order valence-corrected chi connectivity index (χ2v) is 4.55. The van der Waals surface area contributed by atoms with Crippen LogP contribution in [0.1, 0.15) is 34.2 Å². The van der Waals surface area contributed by atoms with Crippen LogP contribution in [0.4, 0.5) is 5.69 Å². The van der Waals surface area contributed by atoms with Crippen LogP contribution in [0.25, 0.3) is 0 Å². The highest BCUT2D eigenvalue weighted by molar-refractivity contribution is 6.05. The van der Waals surface area contributed by atoms with Crippen molar-refractivity contribution in [2.75, 3.05) is 5.32 Å². The van der Waals surface area contributed by atoms with Gasteiger partial charge in [-0.15, -0.1) is 12.4 Å². The lowest BCUT2D eigenvalue weighted by Gasteiger charge is -2.09. The van der Waals surface area contributed by atoms with E-state index in [4.69, 9.17) is 5.73 Å². The monoisotopic (exact) mass is 306 g/mol. The number of nitrogens with two attached hydrogens (primary N) is 1. The Balaban J connectivity index is 0.00000220. The fourth-order valence-corrected chi connectivity index (χ4v) is 1.89. The second kappa shape index (κ2) is 7.71. The zero-order chi connectivity index (χ0) is 14.5. The fraction of sp³-hybridized carbons (Fsp3) is 0.267. The molecule has 6 heteroatoms. The zero-order valence-electron chi connectivity index (χ0n) is 12.1. The minimum Gasteiger partial charge on any atom is -0.326 e. The highest BCUT2D eigenvalue weighted by Gasteiger charge is 2.13. The van der Waals surface area contributed by atoms with E-state index in [1.807, 2.05) is 38.1 Å². The van der Waals surface area contributed by atoms with Gasteiger partial charge in [0, 0.05) is 12.2 Å². The van der Waals surface area contributed by atoms with E-state index in [-0.39, 0.29) is 18.3 Å². The minimum atomic E-state index is -0.166. The van der Waals surface area contributed by atoms with E-state index in [1.54, 1.807) is 6.07 Å². The number of hydrogen-bond donors (Lipinski definition) is 2. The summed E-state index contributed by atoms with van der Waals surface area (Å²) in [7, 11) is 0. The highest BCUT2D eigenvalue weighted by Crippen LogP contribution is 2.13. The molecule has 1 aromatic carbocycles. The lowest BCUT2D eigenvalue weighted by Crippen LogP contribution is -2.16. The molecule has 0 radical (unpaired) electrons. The highest BCUT2D eigenvalue weighted by atomic mass is 35.5. The Morgan fingerprint density at radius 3 is 2.48 bits per heavy atom. The molecule has 2 rings (SSSR count). The van der Waals surface area contributed by atoms with Gasteiger partial charge in [0.2, 0.25) is 0 Å². The Kier molecular flexibility index (Phi) is 6.27. The maximum absolute atomic E-state index is 12.3. The van der Waals surface area contributed by atoms with Crippen molar-refractivity contribution in [1.29, 1.82) is 0 Å². The van der Waals surface area contributed by atoms with Gasteiger partial charge in [-0.05, 0) is 37.1 Å². The normalized spacial score (nSPS) is 9.86. The molecule has 0 fully saturated rings. The van der Waals surface area contributed by atoms with Gasteiger partial charge in [0.05, 0.1) is 17.0 Å². The Bertz CT molecular complexity index is 614. The largest absolute Gasteiger partial charge is 0.326 e. The van der Waals surface area contributed by atoms with Crippen LogP contribution in [0.2, 0.25) is 0 Å². The molecule has 0 spiro atoms. The van der Waals surface area contributed by atoms with Crippen molar-refractivity contribution in [2.24, 2.45) is 5.73 Å². The van der Waals surface area contributed by atoms with E-state index in [0.717, 1.165) is 16.9 Å². The lowest BCUT2D eigenvalue weighted by atomic mass is 10.1. The Morgan fingerprint density at radius 2 is 1.90 bits per heavy atom. The number of nitrogens with one attached hydrogen (secondary N) is 1. The van der Waals surface area contributed by atoms with Crippen molar-refractivity contribution in [3.63, 3.8) is 0 Å². The van der Waals surface area contributed by atoms with Gasteiger partial charge in [-0.25, -0.2) is 0 Å². The van der Waals surface area contributed by atoms with Crippen LogP contribution in [0.5, 0.6) is 0 Å². The molecule has 112 valence electrons. The molecular formula is C15H19ClN4O. The van der Waals surface area contributed by atoms with Crippen molar-refractivity contribution < 1.29 is 4.79 Å². The summed E-state index contributed by atoms with van der Waals surface area (Å²) in [6, 6.07) is 9.23. The van der Waals surface area contributed by atoms with E-state index >= 15 is 0 Å². The molecule has 1 heterocycles. The van der Waals surface area contributed by atoms with Crippen molar-refractivity contribution in [2.45, 2.75) is 26.8 Å². The van der Waals surface area contributed by atoms with Gasteiger partial charge in [0.15, 0.2) is 0 Å². The summed E-state index contributed by atoms with van der Waals surface area (Å²) in [5, 5.41) is 10.9. The SMILES string of the molecule is CCc1nnc(C)cc1C(=O)Nc1ccc(CN)cc1.Cl. The summed E-state index contributed by atoms with van der Waals surface area (Å²) in [6.07, 6.45) is 0.669. The van der Waals surface area contributed by atoms with E-state index < -0.39 is 0 Å². The molecule has 0 aliphatic carbocycles. The third-order valence-electron chi connectivity index (χ3n) is 3.02. The number of amides is 1. The molecule has 0 saturated carbocycles. The van der Waals surface area contributed by atoms with Gasteiger partial charge in [-0.3, -0.25) is 4.79 Å². The van der Waals surface area contributed by atoms with Crippen molar-refractivity contribution >= 4 is 24.0 Å². The average molecular weight is 307 g/mol. The van der Waals surface area contributed by atoms with Crippen molar-refractivity contribution in [3.8, 4) is 0 Å². The van der Waals surface area contributed by atoms with E-state index in [2.05, 4.69) is 15.5 Å². The molecule has 5 nitrogen and oxygen atoms in total. The lowest BCUT2D eigenvalue weighted by molar-refractivity contribution is 0.102. The Labute approximate surface area is 130 Å². The molecule has 1 amide bonds. The standard InChI is InChI=1S/C15H18N4O.ClH/c1-3-14-13(8-10(2)18-19-14)15(20)17-12-6-4-11(9-16)5-7-12;/h4-8H,3,9,16H2,1-2H3,(H,17,20);1H. The van der Waals surface area contributed by atoms with Crippen LogP contribution in [0, 0.1) is 6.92 Å². The molecule has 0 aliphatic rings. The van der Waals surface area contributed by atoms with Gasteiger partial charge >= 0.3 is 0 Å². The van der Waals surface area contributed by atoms with Crippen LogP contribution in [0.15, 0.2) is 30.3 Å². The quantitative estimate of drug-likeness (QED) is 0.909. The van der Waals surface area contributed by atoms with Gasteiger partial charge in [0.25, 0.3) is 5.91 Å². The van der Waals surface area contributed by atoms with E-state index in [0.29, 0.717) is 24.2 Å². The molecule has 0 saturated heterocycles. The number of aromatic nitrogens is 2. The van der Waals surface area contributed by atoms with Gasteiger partial charge in [0.1, 0.15) is 0 Å². The molecule has 1 aromatic heterocycles. The third kappa shape index (κ3) is 4.24. The summed E-state index contributed by atoms with van der Waals surface area (Å²) in [5.74, 6) is -0.166. The van der Waals surface area contributed by atoms with Crippen LogP contribution < -0.4 is 11.1 Å². The predicted octanol–water partition coefficient (Wildman–Crippen LogP) is 2.48. The Morgan fingerprint density at radius 1 is 1.24 bits per heavy atom. The molecule has 3 N–H and O–H groups in total. The van der Waals surface area contributed by atoms with Crippen LogP contribution >= 0.6 is 12.4 Å². The molecule has 0 unspecified atom stereocenters.